The van der Waals surface area contributed by atoms with E-state index >= 15 is 0 Å². The van der Waals surface area contributed by atoms with Crippen molar-refractivity contribution in [1.82, 2.24) is 15.0 Å². The maximum absolute atomic E-state index is 12.2. The summed E-state index contributed by atoms with van der Waals surface area (Å²) in [5.41, 5.74) is 0.923. The summed E-state index contributed by atoms with van der Waals surface area (Å²) in [6, 6.07) is 9.64. The number of carbonyl (C=O) groups is 1. The third kappa shape index (κ3) is 2.68. The van der Waals surface area contributed by atoms with Gasteiger partial charge >= 0.3 is 0 Å². The first-order valence-corrected chi connectivity index (χ1v) is 7.36. The van der Waals surface area contributed by atoms with Crippen LogP contribution in [-0.2, 0) is 4.79 Å². The maximum Gasteiger partial charge on any atom is 0.249 e. The SMILES string of the molecule is CC(C)C(=O)N1CCC[C@H]1c1nc(-c2ccccc2)no1. The van der Waals surface area contributed by atoms with Crippen LogP contribution >= 0.6 is 0 Å². The fraction of sp³-hybridized carbons (Fsp3) is 0.438. The molecule has 5 heteroatoms. The number of hydrogen-bond donors (Lipinski definition) is 0. The summed E-state index contributed by atoms with van der Waals surface area (Å²) in [5.74, 6) is 1.26. The summed E-state index contributed by atoms with van der Waals surface area (Å²) in [4.78, 5) is 18.6. The summed E-state index contributed by atoms with van der Waals surface area (Å²) >= 11 is 0. The van der Waals surface area contributed by atoms with Crippen molar-refractivity contribution in [3.05, 3.63) is 36.2 Å². The summed E-state index contributed by atoms with van der Waals surface area (Å²) in [6.07, 6.45) is 1.86. The van der Waals surface area contributed by atoms with Crippen LogP contribution in [-0.4, -0.2) is 27.5 Å². The molecule has 1 aromatic heterocycles. The van der Waals surface area contributed by atoms with Crippen molar-refractivity contribution in [1.29, 1.82) is 0 Å². The van der Waals surface area contributed by atoms with Gasteiger partial charge in [-0.15, -0.1) is 0 Å². The topological polar surface area (TPSA) is 59.2 Å². The van der Waals surface area contributed by atoms with Crippen molar-refractivity contribution in [2.75, 3.05) is 6.54 Å². The zero-order chi connectivity index (χ0) is 14.8. The zero-order valence-electron chi connectivity index (χ0n) is 12.3. The standard InChI is InChI=1S/C16H19N3O2/c1-11(2)16(20)19-10-6-9-13(19)15-17-14(18-21-15)12-7-4-3-5-8-12/h3-5,7-8,11,13H,6,9-10H2,1-2H3/t13-/m0/s1. The molecule has 1 aliphatic rings. The van der Waals surface area contributed by atoms with Gasteiger partial charge in [0.05, 0.1) is 0 Å². The van der Waals surface area contributed by atoms with Gasteiger partial charge in [-0.1, -0.05) is 49.3 Å². The Morgan fingerprint density at radius 2 is 2.10 bits per heavy atom. The quantitative estimate of drug-likeness (QED) is 0.869. The third-order valence-corrected chi connectivity index (χ3v) is 3.79. The van der Waals surface area contributed by atoms with Crippen LogP contribution in [0.1, 0.15) is 38.6 Å². The van der Waals surface area contributed by atoms with Crippen LogP contribution < -0.4 is 0 Å². The van der Waals surface area contributed by atoms with Crippen LogP contribution in [0.15, 0.2) is 34.9 Å². The molecule has 0 radical (unpaired) electrons. The predicted octanol–water partition coefficient (Wildman–Crippen LogP) is 3.06. The van der Waals surface area contributed by atoms with E-state index in [4.69, 9.17) is 4.52 Å². The first-order chi connectivity index (χ1) is 10.2. The molecule has 0 aliphatic carbocycles. The molecule has 0 spiro atoms. The lowest BCUT2D eigenvalue weighted by Gasteiger charge is -2.23. The number of aromatic nitrogens is 2. The highest BCUT2D eigenvalue weighted by Gasteiger charge is 2.34. The normalized spacial score (nSPS) is 18.4. The van der Waals surface area contributed by atoms with E-state index in [1.54, 1.807) is 0 Å². The van der Waals surface area contributed by atoms with E-state index in [2.05, 4.69) is 10.1 Å². The Hall–Kier alpha value is -2.17. The molecular weight excluding hydrogens is 266 g/mol. The molecule has 1 aromatic carbocycles. The Morgan fingerprint density at radius 3 is 2.81 bits per heavy atom. The number of hydrogen-bond acceptors (Lipinski definition) is 4. The van der Waals surface area contributed by atoms with Crippen molar-refractivity contribution in [3.63, 3.8) is 0 Å². The van der Waals surface area contributed by atoms with Gasteiger partial charge < -0.3 is 9.42 Å². The van der Waals surface area contributed by atoms with Crippen LogP contribution in [0, 0.1) is 5.92 Å². The van der Waals surface area contributed by atoms with Gasteiger partial charge in [-0.05, 0) is 12.8 Å². The van der Waals surface area contributed by atoms with Crippen molar-refractivity contribution < 1.29 is 9.32 Å². The van der Waals surface area contributed by atoms with Crippen LogP contribution in [0.4, 0.5) is 0 Å². The van der Waals surface area contributed by atoms with Gasteiger partial charge in [-0.25, -0.2) is 0 Å². The van der Waals surface area contributed by atoms with E-state index in [1.165, 1.54) is 0 Å². The minimum absolute atomic E-state index is 0.0119. The van der Waals surface area contributed by atoms with Gasteiger partial charge in [0.2, 0.25) is 17.6 Å². The molecule has 110 valence electrons. The number of rotatable bonds is 3. The molecule has 1 fully saturated rings. The molecule has 0 N–H and O–H groups in total. The predicted molar refractivity (Wildman–Crippen MR) is 78.3 cm³/mol. The highest BCUT2D eigenvalue weighted by atomic mass is 16.5. The fourth-order valence-corrected chi connectivity index (χ4v) is 2.69. The molecule has 21 heavy (non-hydrogen) atoms. The summed E-state index contributed by atoms with van der Waals surface area (Å²) in [5, 5.41) is 4.05. The molecule has 0 unspecified atom stereocenters. The number of amides is 1. The van der Waals surface area contributed by atoms with Crippen LogP contribution in [0.2, 0.25) is 0 Å². The monoisotopic (exact) mass is 285 g/mol. The number of carbonyl (C=O) groups excluding carboxylic acids is 1. The highest BCUT2D eigenvalue weighted by Crippen LogP contribution is 2.32. The Labute approximate surface area is 124 Å². The highest BCUT2D eigenvalue weighted by molar-refractivity contribution is 5.78. The van der Waals surface area contributed by atoms with Crippen LogP contribution in [0.3, 0.4) is 0 Å². The van der Waals surface area contributed by atoms with E-state index < -0.39 is 0 Å². The molecular formula is C16H19N3O2. The van der Waals surface area contributed by atoms with E-state index in [-0.39, 0.29) is 17.9 Å². The van der Waals surface area contributed by atoms with Crippen LogP contribution in [0.25, 0.3) is 11.4 Å². The number of nitrogens with zero attached hydrogens (tertiary/aromatic N) is 3. The van der Waals surface area contributed by atoms with Crippen molar-refractivity contribution in [3.8, 4) is 11.4 Å². The Bertz CT molecular complexity index is 621. The lowest BCUT2D eigenvalue weighted by Crippen LogP contribution is -2.33. The maximum atomic E-state index is 12.2. The second-order valence-corrected chi connectivity index (χ2v) is 5.67. The second-order valence-electron chi connectivity index (χ2n) is 5.67. The molecule has 0 bridgehead atoms. The fourth-order valence-electron chi connectivity index (χ4n) is 2.69. The average Bonchev–Trinajstić information content (AvgIpc) is 3.16. The largest absolute Gasteiger partial charge is 0.337 e. The van der Waals surface area contributed by atoms with E-state index in [9.17, 15) is 4.79 Å². The van der Waals surface area contributed by atoms with Gasteiger partial charge in [0.1, 0.15) is 6.04 Å². The molecule has 2 aromatic rings. The van der Waals surface area contributed by atoms with Gasteiger partial charge in [0.25, 0.3) is 0 Å². The first-order valence-electron chi connectivity index (χ1n) is 7.36. The smallest absolute Gasteiger partial charge is 0.249 e. The molecule has 1 atom stereocenters. The number of likely N-dealkylation sites (tertiary alicyclic amines) is 1. The minimum Gasteiger partial charge on any atom is -0.337 e. The summed E-state index contributed by atoms with van der Waals surface area (Å²) in [7, 11) is 0. The zero-order valence-corrected chi connectivity index (χ0v) is 12.3. The van der Waals surface area contributed by atoms with Crippen molar-refractivity contribution >= 4 is 5.91 Å². The van der Waals surface area contributed by atoms with Gasteiger partial charge in [0.15, 0.2) is 0 Å². The van der Waals surface area contributed by atoms with Gasteiger partial charge in [-0.2, -0.15) is 4.98 Å². The van der Waals surface area contributed by atoms with Gasteiger partial charge in [0, 0.05) is 18.0 Å². The molecule has 1 saturated heterocycles. The lowest BCUT2D eigenvalue weighted by atomic mass is 10.1. The molecule has 5 nitrogen and oxygen atoms in total. The van der Waals surface area contributed by atoms with Gasteiger partial charge in [-0.3, -0.25) is 4.79 Å². The number of benzene rings is 1. The molecule has 3 rings (SSSR count). The Morgan fingerprint density at radius 1 is 1.33 bits per heavy atom. The average molecular weight is 285 g/mol. The minimum atomic E-state index is -0.0788. The molecule has 1 aliphatic heterocycles. The summed E-state index contributed by atoms with van der Waals surface area (Å²) < 4.78 is 5.41. The van der Waals surface area contributed by atoms with E-state index in [0.29, 0.717) is 11.7 Å². The first kappa shape index (κ1) is 13.8. The molecule has 2 heterocycles. The Kier molecular flexibility index (Phi) is 3.73. The molecule has 0 saturated carbocycles. The summed E-state index contributed by atoms with van der Waals surface area (Å²) in [6.45, 7) is 4.60. The molecule has 1 amide bonds. The van der Waals surface area contributed by atoms with E-state index in [1.807, 2.05) is 49.1 Å². The lowest BCUT2D eigenvalue weighted by molar-refractivity contribution is -0.135. The third-order valence-electron chi connectivity index (χ3n) is 3.79. The second kappa shape index (κ2) is 5.68. The van der Waals surface area contributed by atoms with Crippen molar-refractivity contribution in [2.24, 2.45) is 5.92 Å². The Balaban J connectivity index is 1.84. The van der Waals surface area contributed by atoms with Crippen LogP contribution in [0.5, 0.6) is 0 Å². The van der Waals surface area contributed by atoms with E-state index in [0.717, 1.165) is 24.9 Å². The van der Waals surface area contributed by atoms with Crippen molar-refractivity contribution in [2.45, 2.75) is 32.7 Å².